The minimum absolute atomic E-state index is 0.413. The maximum Gasteiger partial charge on any atom is 0.188 e. The highest BCUT2D eigenvalue weighted by Gasteiger charge is 2.18. The van der Waals surface area contributed by atoms with E-state index in [-0.39, 0.29) is 0 Å². The van der Waals surface area contributed by atoms with Gasteiger partial charge >= 0.3 is 0 Å². The number of rotatable bonds is 7. The van der Waals surface area contributed by atoms with Gasteiger partial charge < -0.3 is 4.90 Å². The summed E-state index contributed by atoms with van der Waals surface area (Å²) in [6, 6.07) is 12.1. The van der Waals surface area contributed by atoms with Crippen LogP contribution in [0.15, 0.2) is 47.1 Å². The van der Waals surface area contributed by atoms with E-state index in [1.54, 1.807) is 0 Å². The van der Waals surface area contributed by atoms with Crippen molar-refractivity contribution in [1.29, 1.82) is 5.26 Å². The molecule has 0 spiro atoms. The molecule has 0 aliphatic carbocycles. The van der Waals surface area contributed by atoms with Gasteiger partial charge in [0.15, 0.2) is 15.1 Å². The molecule has 142 valence electrons. The second-order valence-corrected chi connectivity index (χ2v) is 7.70. The van der Waals surface area contributed by atoms with Crippen molar-refractivity contribution in [3.63, 3.8) is 0 Å². The summed E-state index contributed by atoms with van der Waals surface area (Å²) < 4.78 is 4.28. The minimum Gasteiger partial charge on any atom is -0.349 e. The third kappa shape index (κ3) is 4.01. The van der Waals surface area contributed by atoms with Crippen LogP contribution >= 0.6 is 22.9 Å². The lowest BCUT2D eigenvalue weighted by Crippen LogP contribution is -2.21. The number of hydrogen-bond acceptors (Lipinski definition) is 8. The van der Waals surface area contributed by atoms with E-state index in [9.17, 15) is 5.26 Å². The number of azo groups is 1. The van der Waals surface area contributed by atoms with Crippen LogP contribution in [0.2, 0.25) is 0 Å². The summed E-state index contributed by atoms with van der Waals surface area (Å²) in [6.07, 6.45) is 0. The van der Waals surface area contributed by atoms with Gasteiger partial charge in [0.1, 0.15) is 17.3 Å². The lowest BCUT2D eigenvalue weighted by Gasteiger charge is -2.16. The molecule has 2 heterocycles. The molecule has 0 radical (unpaired) electrons. The van der Waals surface area contributed by atoms with Gasteiger partial charge in [0.05, 0.1) is 5.69 Å². The zero-order chi connectivity index (χ0) is 20.1. The Morgan fingerprint density at radius 1 is 1.18 bits per heavy atom. The Labute approximate surface area is 172 Å². The van der Waals surface area contributed by atoms with E-state index in [0.717, 1.165) is 46.6 Å². The van der Waals surface area contributed by atoms with Gasteiger partial charge in [-0.15, -0.1) is 10.2 Å². The number of thiazole rings is 1. The zero-order valence-electron chi connectivity index (χ0n) is 16.0. The molecule has 2 aromatic heterocycles. The third-order valence-electron chi connectivity index (χ3n) is 4.10. The van der Waals surface area contributed by atoms with Crippen LogP contribution in [-0.2, 0) is 0 Å². The second-order valence-electron chi connectivity index (χ2n) is 5.99. The van der Waals surface area contributed by atoms with Crippen molar-refractivity contribution >= 4 is 43.6 Å². The van der Waals surface area contributed by atoms with Crippen LogP contribution in [0.1, 0.15) is 32.0 Å². The highest BCUT2D eigenvalue weighted by molar-refractivity contribution is 7.19. The molecule has 0 N–H and O–H groups in total. The minimum atomic E-state index is 0.413. The topological polar surface area (TPSA) is 77.5 Å². The Morgan fingerprint density at radius 2 is 1.86 bits per heavy atom. The van der Waals surface area contributed by atoms with E-state index < -0.39 is 0 Å². The Hall–Kier alpha value is -2.89. The zero-order valence-corrected chi connectivity index (χ0v) is 17.6. The van der Waals surface area contributed by atoms with Gasteiger partial charge in [-0.2, -0.15) is 9.64 Å². The second kappa shape index (κ2) is 8.87. The number of aromatic nitrogens is 2. The van der Waals surface area contributed by atoms with Crippen molar-refractivity contribution in [2.45, 2.75) is 20.8 Å². The number of nitrogens with zero attached hydrogens (tertiary/aromatic N) is 6. The third-order valence-corrected chi connectivity index (χ3v) is 5.83. The molecule has 0 amide bonds. The summed E-state index contributed by atoms with van der Waals surface area (Å²) in [5.74, 6) is 0. The fraction of sp³-hybridized carbons (Fsp3) is 0.250. The maximum absolute atomic E-state index is 9.47. The van der Waals surface area contributed by atoms with Crippen LogP contribution in [0.3, 0.4) is 0 Å². The fourth-order valence-electron chi connectivity index (χ4n) is 2.61. The standard InChI is InChI=1S/C20H20N6S2/c1-5-26(6-2)20-22-17(14-10-8-7-9-11-14)19(27-20)24-23-18-15(12-21)16(13(3)4)25-28-18/h7-11H,3,5-6H2,1-2,4H3. The summed E-state index contributed by atoms with van der Waals surface area (Å²) in [5, 5.41) is 20.3. The van der Waals surface area contributed by atoms with Crippen LogP contribution in [0, 0.1) is 11.3 Å². The van der Waals surface area contributed by atoms with Gasteiger partial charge in [-0.05, 0) is 37.9 Å². The van der Waals surface area contributed by atoms with Crippen LogP contribution in [0.5, 0.6) is 0 Å². The van der Waals surface area contributed by atoms with Crippen molar-refractivity contribution in [3.05, 3.63) is 48.2 Å². The molecule has 0 unspecified atom stereocenters. The van der Waals surface area contributed by atoms with Crippen LogP contribution in [-0.4, -0.2) is 22.4 Å². The lowest BCUT2D eigenvalue weighted by molar-refractivity contribution is 0.860. The summed E-state index contributed by atoms with van der Waals surface area (Å²) >= 11 is 2.65. The monoisotopic (exact) mass is 408 g/mol. The first kappa shape index (κ1) is 19.9. The molecule has 28 heavy (non-hydrogen) atoms. The number of nitriles is 1. The van der Waals surface area contributed by atoms with E-state index in [4.69, 9.17) is 4.98 Å². The molecule has 8 heteroatoms. The van der Waals surface area contributed by atoms with Crippen molar-refractivity contribution in [1.82, 2.24) is 9.36 Å². The van der Waals surface area contributed by atoms with Crippen LogP contribution in [0.4, 0.5) is 15.1 Å². The Bertz CT molecular complexity index is 1040. The molecule has 6 nitrogen and oxygen atoms in total. The normalized spacial score (nSPS) is 10.9. The summed E-state index contributed by atoms with van der Waals surface area (Å²) in [7, 11) is 0. The van der Waals surface area contributed by atoms with E-state index in [2.05, 4.69) is 46.0 Å². The first-order chi connectivity index (χ1) is 13.6. The van der Waals surface area contributed by atoms with Gasteiger partial charge in [-0.1, -0.05) is 48.2 Å². The molecule has 1 aromatic carbocycles. The first-order valence-corrected chi connectivity index (χ1v) is 10.5. The number of hydrogen-bond donors (Lipinski definition) is 0. The van der Waals surface area contributed by atoms with Crippen molar-refractivity contribution < 1.29 is 0 Å². The van der Waals surface area contributed by atoms with E-state index in [0.29, 0.717) is 21.3 Å². The number of anilines is 1. The van der Waals surface area contributed by atoms with Crippen molar-refractivity contribution in [2.24, 2.45) is 10.2 Å². The average molecular weight is 409 g/mol. The van der Waals surface area contributed by atoms with Gasteiger partial charge in [0.2, 0.25) is 0 Å². The average Bonchev–Trinajstić information content (AvgIpc) is 3.32. The van der Waals surface area contributed by atoms with E-state index in [1.165, 1.54) is 11.3 Å². The molecular weight excluding hydrogens is 388 g/mol. The molecule has 0 aliphatic heterocycles. The predicted molar refractivity (Wildman–Crippen MR) is 117 cm³/mol. The van der Waals surface area contributed by atoms with Crippen LogP contribution < -0.4 is 4.90 Å². The quantitative estimate of drug-likeness (QED) is 0.422. The molecule has 0 bridgehead atoms. The fourth-order valence-corrected chi connectivity index (χ4v) is 4.39. The van der Waals surface area contributed by atoms with E-state index in [1.807, 2.05) is 37.3 Å². The number of allylic oxidation sites excluding steroid dienone is 1. The molecule has 3 aromatic rings. The summed E-state index contributed by atoms with van der Waals surface area (Å²) in [4.78, 5) is 6.99. The highest BCUT2D eigenvalue weighted by atomic mass is 32.1. The van der Waals surface area contributed by atoms with Crippen LogP contribution in [0.25, 0.3) is 16.8 Å². The van der Waals surface area contributed by atoms with Gasteiger partial charge in [0, 0.05) is 18.7 Å². The maximum atomic E-state index is 9.47. The molecule has 3 rings (SSSR count). The Balaban J connectivity index is 2.05. The molecule has 0 aliphatic rings. The van der Waals surface area contributed by atoms with E-state index >= 15 is 0 Å². The van der Waals surface area contributed by atoms with Crippen molar-refractivity contribution in [3.8, 4) is 17.3 Å². The molecule has 0 saturated carbocycles. The van der Waals surface area contributed by atoms with Gasteiger partial charge in [0.25, 0.3) is 0 Å². The lowest BCUT2D eigenvalue weighted by atomic mass is 10.1. The van der Waals surface area contributed by atoms with Crippen molar-refractivity contribution in [2.75, 3.05) is 18.0 Å². The molecule has 0 saturated heterocycles. The SMILES string of the molecule is C=C(C)c1nsc(N=Nc2sc(N(CC)CC)nc2-c2ccccc2)c1C#N. The summed E-state index contributed by atoms with van der Waals surface area (Å²) in [5.41, 5.74) is 3.51. The number of benzene rings is 1. The highest BCUT2D eigenvalue weighted by Crippen LogP contribution is 2.41. The molecule has 0 atom stereocenters. The predicted octanol–water partition coefficient (Wildman–Crippen LogP) is 6.43. The smallest absolute Gasteiger partial charge is 0.188 e. The Kier molecular flexibility index (Phi) is 6.29. The van der Waals surface area contributed by atoms with Gasteiger partial charge in [-0.3, -0.25) is 0 Å². The molecule has 0 fully saturated rings. The molecular formula is C20H20N6S2. The largest absolute Gasteiger partial charge is 0.349 e. The summed E-state index contributed by atoms with van der Waals surface area (Å²) in [6.45, 7) is 11.6. The first-order valence-electron chi connectivity index (χ1n) is 8.87. The van der Waals surface area contributed by atoms with Gasteiger partial charge in [-0.25, -0.2) is 4.98 Å². The Morgan fingerprint density at radius 3 is 2.46 bits per heavy atom.